The number of methoxy groups -OCH3 is 4. The van der Waals surface area contributed by atoms with Crippen LogP contribution >= 0.6 is 0 Å². The topological polar surface area (TPSA) is 98.6 Å². The minimum atomic E-state index is 0.346. The van der Waals surface area contributed by atoms with Crippen LogP contribution in [-0.4, -0.2) is 54.3 Å². The van der Waals surface area contributed by atoms with Crippen LogP contribution in [0.15, 0.2) is 137 Å². The molecule has 0 bridgehead atoms. The summed E-state index contributed by atoms with van der Waals surface area (Å²) in [5.41, 5.74) is 15.3. The van der Waals surface area contributed by atoms with Gasteiger partial charge in [-0.05, 0) is 171 Å². The van der Waals surface area contributed by atoms with Crippen LogP contribution in [0.25, 0.3) is 22.3 Å². The molecule has 0 radical (unpaired) electrons. The number of benzene rings is 7. The zero-order valence-electron chi connectivity index (χ0n) is 43.9. The van der Waals surface area contributed by atoms with Gasteiger partial charge >= 0.3 is 0 Å². The van der Waals surface area contributed by atoms with Crippen molar-refractivity contribution in [2.45, 2.75) is 80.9 Å². The number of aliphatic imine (C=N–C) groups is 2. The first-order chi connectivity index (χ1) is 35.0. The van der Waals surface area contributed by atoms with Crippen LogP contribution in [0.1, 0.15) is 70.8 Å². The van der Waals surface area contributed by atoms with Crippen molar-refractivity contribution in [3.05, 3.63) is 177 Å². The second-order valence-electron chi connectivity index (χ2n) is 17.2. The number of aryl methyl sites for hydroxylation is 7. The molecule has 72 heavy (non-hydrogen) atoms. The van der Waals surface area contributed by atoms with Gasteiger partial charge in [0.25, 0.3) is 0 Å². The lowest BCUT2D eigenvalue weighted by atomic mass is 9.86. The van der Waals surface area contributed by atoms with E-state index in [9.17, 15) is 0 Å². The lowest BCUT2D eigenvalue weighted by Gasteiger charge is -2.19. The minimum Gasteiger partial charge on any atom is -0.497 e. The molecule has 0 saturated carbocycles. The highest BCUT2D eigenvalue weighted by Gasteiger charge is 2.18. The number of ether oxygens (including phenoxy) is 8. The first kappa shape index (κ1) is 53.6. The molecule has 0 saturated heterocycles. The Kier molecular flexibility index (Phi) is 20.1. The summed E-state index contributed by atoms with van der Waals surface area (Å²) in [6.45, 7) is 16.8. The molecular weight excluding hydrogens is 901 g/mol. The molecule has 10 heteroatoms. The Morgan fingerprint density at radius 1 is 0.389 bits per heavy atom. The fourth-order valence-corrected chi connectivity index (χ4v) is 8.58. The van der Waals surface area contributed by atoms with E-state index in [1.165, 1.54) is 46.2 Å². The van der Waals surface area contributed by atoms with Gasteiger partial charge in [0.1, 0.15) is 59.2 Å². The summed E-state index contributed by atoms with van der Waals surface area (Å²) in [4.78, 5) is 8.27. The van der Waals surface area contributed by atoms with Crippen molar-refractivity contribution in [1.82, 2.24) is 0 Å². The molecule has 376 valence electrons. The van der Waals surface area contributed by atoms with Gasteiger partial charge in [-0.2, -0.15) is 0 Å². The number of rotatable bonds is 22. The zero-order chi connectivity index (χ0) is 51.4. The Morgan fingerprint density at radius 3 is 1.15 bits per heavy atom. The van der Waals surface area contributed by atoms with Crippen LogP contribution in [0.2, 0.25) is 0 Å². The molecule has 0 spiro atoms. The van der Waals surface area contributed by atoms with Crippen molar-refractivity contribution < 1.29 is 37.9 Å². The van der Waals surface area contributed by atoms with E-state index in [0.717, 1.165) is 81.2 Å². The first-order valence-electron chi connectivity index (χ1n) is 24.5. The van der Waals surface area contributed by atoms with Gasteiger partial charge in [0.15, 0.2) is 12.8 Å². The van der Waals surface area contributed by atoms with Crippen molar-refractivity contribution in [1.29, 1.82) is 0 Å². The minimum absolute atomic E-state index is 0.346. The van der Waals surface area contributed by atoms with Gasteiger partial charge < -0.3 is 37.9 Å². The van der Waals surface area contributed by atoms with Gasteiger partial charge in [-0.3, -0.25) is 9.98 Å². The molecule has 0 heterocycles. The molecule has 7 aromatic rings. The SMILES string of the molecule is CCN=COc1cccc(C)c1-c1c(C)cccc1OC=NCC.CCc1cccc(C)c1-c1c(C)cccc1CCc1cc(OCc2cc(OC)cc(OC)c2)cc(OCc2cc(OC)cc(OC)c2)c1. The summed E-state index contributed by atoms with van der Waals surface area (Å²) in [6, 6.07) is 42.9. The third-order valence-corrected chi connectivity index (χ3v) is 12.2. The van der Waals surface area contributed by atoms with E-state index in [1.54, 1.807) is 28.4 Å². The van der Waals surface area contributed by atoms with E-state index in [0.29, 0.717) is 49.3 Å². The summed E-state index contributed by atoms with van der Waals surface area (Å²) in [6.07, 6.45) is 5.67. The van der Waals surface area contributed by atoms with E-state index in [2.05, 4.69) is 105 Å². The molecule has 10 nitrogen and oxygen atoms in total. The molecule has 0 N–H and O–H groups in total. The molecule has 7 aromatic carbocycles. The van der Waals surface area contributed by atoms with Gasteiger partial charge in [0, 0.05) is 42.4 Å². The average Bonchev–Trinajstić information content (AvgIpc) is 3.39. The van der Waals surface area contributed by atoms with E-state index in [-0.39, 0.29) is 0 Å². The highest BCUT2D eigenvalue weighted by molar-refractivity contribution is 5.83. The normalized spacial score (nSPS) is 11.0. The lowest BCUT2D eigenvalue weighted by molar-refractivity contribution is 0.287. The molecule has 0 aliphatic rings. The quantitative estimate of drug-likeness (QED) is 0.0489. The Hall–Kier alpha value is -7.72. The fraction of sp³-hybridized carbons (Fsp3) is 0.290. The molecule has 0 aliphatic heterocycles. The average molecular weight is 971 g/mol. The molecule has 0 amide bonds. The number of hydrogen-bond donors (Lipinski definition) is 0. The maximum atomic E-state index is 6.38. The van der Waals surface area contributed by atoms with Crippen LogP contribution in [0, 0.1) is 27.7 Å². The summed E-state index contributed by atoms with van der Waals surface area (Å²) < 4.78 is 46.2. The Morgan fingerprint density at radius 2 is 0.750 bits per heavy atom. The lowest BCUT2D eigenvalue weighted by Crippen LogP contribution is -2.03. The number of nitrogens with zero attached hydrogens (tertiary/aromatic N) is 2. The number of hydrogen-bond acceptors (Lipinski definition) is 10. The maximum Gasteiger partial charge on any atom is 0.176 e. The van der Waals surface area contributed by atoms with E-state index in [1.807, 2.05) is 80.6 Å². The smallest absolute Gasteiger partial charge is 0.176 e. The third-order valence-electron chi connectivity index (χ3n) is 12.2. The summed E-state index contributed by atoms with van der Waals surface area (Å²) in [7, 11) is 6.58. The molecular formula is C62H70N2O8. The monoisotopic (exact) mass is 971 g/mol. The van der Waals surface area contributed by atoms with Crippen LogP contribution < -0.4 is 37.9 Å². The Balaban J connectivity index is 0.000000296. The van der Waals surface area contributed by atoms with E-state index < -0.39 is 0 Å². The highest BCUT2D eigenvalue weighted by Crippen LogP contribution is 2.41. The van der Waals surface area contributed by atoms with Gasteiger partial charge in [0.2, 0.25) is 0 Å². The molecule has 0 aromatic heterocycles. The Bertz CT molecular complexity index is 2760. The van der Waals surface area contributed by atoms with E-state index in [4.69, 9.17) is 37.9 Å². The zero-order valence-corrected chi connectivity index (χ0v) is 43.9. The summed E-state index contributed by atoms with van der Waals surface area (Å²) >= 11 is 0. The molecule has 0 aliphatic carbocycles. The van der Waals surface area contributed by atoms with Crippen LogP contribution in [0.3, 0.4) is 0 Å². The van der Waals surface area contributed by atoms with Crippen molar-refractivity contribution in [3.63, 3.8) is 0 Å². The largest absolute Gasteiger partial charge is 0.497 e. The standard InChI is InChI=1S/C42H46O6.C20H24N2O2/c1-8-33-13-9-11-28(2)41(33)42-29(3)12-10-14-34(42)16-15-30-17-39(47-26-31-19-35(43-4)23-36(20-31)44-5)25-40(18-30)48-27-32-21-37(45-6)24-38(22-32)46-7;1-5-21-13-23-17-11-7-9-15(3)19(17)20-16(4)10-8-12-18(20)24-14-22-6-2/h9-14,17-25H,8,15-16,26-27H2,1-7H3;7-14H,5-6H2,1-4H3. The van der Waals surface area contributed by atoms with Crippen LogP contribution in [-0.2, 0) is 32.5 Å². The van der Waals surface area contributed by atoms with Gasteiger partial charge in [0.05, 0.1) is 28.4 Å². The Labute approximate surface area is 427 Å². The van der Waals surface area contributed by atoms with Crippen molar-refractivity contribution in [2.75, 3.05) is 41.5 Å². The fourth-order valence-electron chi connectivity index (χ4n) is 8.58. The van der Waals surface area contributed by atoms with E-state index >= 15 is 0 Å². The predicted molar refractivity (Wildman–Crippen MR) is 293 cm³/mol. The summed E-state index contributed by atoms with van der Waals surface area (Å²) in [5.74, 6) is 5.84. The molecule has 7 rings (SSSR count). The summed E-state index contributed by atoms with van der Waals surface area (Å²) in [5, 5.41) is 0. The molecule has 0 fully saturated rings. The second kappa shape index (κ2) is 27.0. The molecule has 0 unspecified atom stereocenters. The predicted octanol–water partition coefficient (Wildman–Crippen LogP) is 14.3. The first-order valence-corrected chi connectivity index (χ1v) is 24.5. The van der Waals surface area contributed by atoms with Gasteiger partial charge in [-0.25, -0.2) is 0 Å². The van der Waals surface area contributed by atoms with Crippen LogP contribution in [0.4, 0.5) is 0 Å². The third kappa shape index (κ3) is 14.4. The maximum absolute atomic E-state index is 6.38. The van der Waals surface area contributed by atoms with Gasteiger partial charge in [-0.15, -0.1) is 0 Å². The highest BCUT2D eigenvalue weighted by atomic mass is 16.5. The van der Waals surface area contributed by atoms with Crippen molar-refractivity contribution >= 4 is 12.8 Å². The second-order valence-corrected chi connectivity index (χ2v) is 17.2. The molecule has 0 atom stereocenters. The van der Waals surface area contributed by atoms with Gasteiger partial charge in [-0.1, -0.05) is 67.6 Å². The van der Waals surface area contributed by atoms with Crippen molar-refractivity contribution in [2.24, 2.45) is 9.98 Å². The van der Waals surface area contributed by atoms with Crippen molar-refractivity contribution in [3.8, 4) is 68.2 Å². The van der Waals surface area contributed by atoms with Crippen LogP contribution in [0.5, 0.6) is 46.0 Å².